The molecule has 2 nitrogen and oxygen atoms in total. The molecule has 0 unspecified atom stereocenters. The third kappa shape index (κ3) is 1.73. The van der Waals surface area contributed by atoms with E-state index >= 15 is 0 Å². The second-order valence-electron chi connectivity index (χ2n) is 3.87. The molecule has 0 aliphatic rings. The molecule has 0 aliphatic heterocycles. The third-order valence-electron chi connectivity index (χ3n) is 1.64. The fourth-order valence-electron chi connectivity index (χ4n) is 0.978. The van der Waals surface area contributed by atoms with Crippen molar-refractivity contribution in [2.45, 2.75) is 32.7 Å². The number of alkyl halides is 2. The fraction of sp³-hybridized carbons (Fsp3) is 0.625. The molecule has 0 radical (unpaired) electrons. The summed E-state index contributed by atoms with van der Waals surface area (Å²) in [7, 11) is 0. The summed E-state index contributed by atoms with van der Waals surface area (Å²) in [4.78, 5) is 0. The Morgan fingerprint density at radius 3 is 1.93 bits per heavy atom. The minimum Gasteiger partial charge on any atom is -0.231 e. The van der Waals surface area contributed by atoms with Gasteiger partial charge in [-0.1, -0.05) is 0 Å². The van der Waals surface area contributed by atoms with Crippen LogP contribution >= 0.6 is 0 Å². The summed E-state index contributed by atoms with van der Waals surface area (Å²) in [6.45, 7) is 4.62. The Morgan fingerprint density at radius 2 is 1.71 bits per heavy atom. The molecule has 0 spiro atoms. The molecule has 1 aromatic heterocycles. The summed E-state index contributed by atoms with van der Waals surface area (Å²) in [6, 6.07) is 0. The zero-order valence-corrected chi connectivity index (χ0v) is 7.98. The largest absolute Gasteiger partial charge is 0.285 e. The van der Waals surface area contributed by atoms with Gasteiger partial charge in [-0.05, 0) is 20.8 Å². The highest BCUT2D eigenvalue weighted by atomic mass is 19.3. The number of rotatable bonds is 1. The molecule has 0 amide bonds. The zero-order valence-electron chi connectivity index (χ0n) is 7.98. The van der Waals surface area contributed by atoms with Crippen LogP contribution in [0.15, 0.2) is 0 Å². The maximum absolute atomic E-state index is 13.1. The first kappa shape index (κ1) is 11.0. The highest BCUT2D eigenvalue weighted by Crippen LogP contribution is 2.25. The number of halogens is 4. The quantitative estimate of drug-likeness (QED) is 0.651. The molecular weight excluding hydrogens is 200 g/mol. The van der Waals surface area contributed by atoms with Crippen molar-refractivity contribution in [2.24, 2.45) is 0 Å². The summed E-state index contributed by atoms with van der Waals surface area (Å²) in [5, 5.41) is 3.20. The smallest absolute Gasteiger partial charge is 0.231 e. The lowest BCUT2D eigenvalue weighted by atomic mass is 10.1. The standard InChI is InChI=1S/C8H10F4N2/c1-8(2,3)14-7(12)4(9)5(13-14)6(10)11/h6H,1-3H3. The van der Waals surface area contributed by atoms with Gasteiger partial charge in [-0.15, -0.1) is 0 Å². The maximum Gasteiger partial charge on any atom is 0.285 e. The monoisotopic (exact) mass is 210 g/mol. The first-order valence-electron chi connectivity index (χ1n) is 3.97. The van der Waals surface area contributed by atoms with Gasteiger partial charge in [-0.3, -0.25) is 0 Å². The van der Waals surface area contributed by atoms with Gasteiger partial charge in [-0.25, -0.2) is 13.5 Å². The lowest BCUT2D eigenvalue weighted by Crippen LogP contribution is -2.25. The first-order chi connectivity index (χ1) is 6.25. The van der Waals surface area contributed by atoms with Crippen LogP contribution in [-0.4, -0.2) is 9.78 Å². The van der Waals surface area contributed by atoms with Gasteiger partial charge in [0.2, 0.25) is 11.8 Å². The maximum atomic E-state index is 13.1. The number of hydrogen-bond acceptors (Lipinski definition) is 1. The van der Waals surface area contributed by atoms with Crippen LogP contribution in [0.25, 0.3) is 0 Å². The van der Waals surface area contributed by atoms with Gasteiger partial charge in [0.15, 0.2) is 5.69 Å². The van der Waals surface area contributed by atoms with E-state index in [1.807, 2.05) is 0 Å². The third-order valence-corrected chi connectivity index (χ3v) is 1.64. The Labute approximate surface area is 78.5 Å². The van der Waals surface area contributed by atoms with E-state index < -0.39 is 29.4 Å². The van der Waals surface area contributed by atoms with Gasteiger partial charge >= 0.3 is 0 Å². The molecule has 14 heavy (non-hydrogen) atoms. The minimum absolute atomic E-state index is 0.615. The van der Waals surface area contributed by atoms with Gasteiger partial charge in [0.05, 0.1) is 5.54 Å². The van der Waals surface area contributed by atoms with Crippen LogP contribution in [0.1, 0.15) is 32.9 Å². The van der Waals surface area contributed by atoms with Crippen molar-refractivity contribution < 1.29 is 17.6 Å². The highest BCUT2D eigenvalue weighted by molar-refractivity contribution is 5.07. The summed E-state index contributed by atoms with van der Waals surface area (Å²) >= 11 is 0. The van der Waals surface area contributed by atoms with Crippen molar-refractivity contribution in [2.75, 3.05) is 0 Å². The average molecular weight is 210 g/mol. The van der Waals surface area contributed by atoms with E-state index in [9.17, 15) is 17.6 Å². The van der Waals surface area contributed by atoms with Crippen molar-refractivity contribution in [1.29, 1.82) is 0 Å². The summed E-state index contributed by atoms with van der Waals surface area (Å²) in [5.74, 6) is -2.93. The van der Waals surface area contributed by atoms with Crippen LogP contribution in [-0.2, 0) is 5.54 Å². The predicted octanol–water partition coefficient (Wildman–Crippen LogP) is 2.85. The van der Waals surface area contributed by atoms with Crippen molar-refractivity contribution >= 4 is 0 Å². The Balaban J connectivity index is 3.29. The van der Waals surface area contributed by atoms with Gasteiger partial charge in [0.1, 0.15) is 0 Å². The lowest BCUT2D eigenvalue weighted by molar-refractivity contribution is 0.139. The fourth-order valence-corrected chi connectivity index (χ4v) is 0.978. The number of hydrogen-bond donors (Lipinski definition) is 0. The van der Waals surface area contributed by atoms with Crippen molar-refractivity contribution in [1.82, 2.24) is 9.78 Å². The summed E-state index contributed by atoms with van der Waals surface area (Å²) < 4.78 is 50.8. The van der Waals surface area contributed by atoms with E-state index in [1.54, 1.807) is 0 Å². The van der Waals surface area contributed by atoms with Crippen molar-refractivity contribution in [3.8, 4) is 0 Å². The molecule has 0 saturated heterocycles. The zero-order chi connectivity index (χ0) is 11.1. The lowest BCUT2D eigenvalue weighted by Gasteiger charge is -2.19. The SMILES string of the molecule is CC(C)(C)n1nc(C(F)F)c(F)c1F. The number of aromatic nitrogens is 2. The molecule has 0 N–H and O–H groups in total. The molecule has 80 valence electrons. The summed E-state index contributed by atoms with van der Waals surface area (Å²) in [5.41, 5.74) is -2.00. The molecule has 0 fully saturated rings. The topological polar surface area (TPSA) is 17.8 Å². The molecule has 0 aliphatic carbocycles. The average Bonchev–Trinajstić information content (AvgIpc) is 2.28. The Bertz CT molecular complexity index is 338. The molecule has 1 heterocycles. The molecule has 0 atom stereocenters. The Morgan fingerprint density at radius 1 is 1.21 bits per heavy atom. The van der Waals surface area contributed by atoms with Gasteiger partial charge in [0.25, 0.3) is 6.43 Å². The van der Waals surface area contributed by atoms with E-state index in [4.69, 9.17) is 0 Å². The van der Waals surface area contributed by atoms with Gasteiger partial charge < -0.3 is 0 Å². The molecule has 0 aromatic carbocycles. The molecule has 0 saturated carbocycles. The van der Waals surface area contributed by atoms with Crippen LogP contribution in [0.5, 0.6) is 0 Å². The molecule has 0 bridgehead atoms. The van der Waals surface area contributed by atoms with E-state index in [0.29, 0.717) is 4.68 Å². The van der Waals surface area contributed by atoms with E-state index in [0.717, 1.165) is 0 Å². The second kappa shape index (κ2) is 3.25. The normalized spacial score (nSPS) is 12.6. The Hall–Kier alpha value is -1.07. The number of nitrogens with zero attached hydrogens (tertiary/aromatic N) is 2. The predicted molar refractivity (Wildman–Crippen MR) is 42.1 cm³/mol. The van der Waals surface area contributed by atoms with Gasteiger partial charge in [0, 0.05) is 0 Å². The summed E-state index contributed by atoms with van der Waals surface area (Å²) in [6.07, 6.45) is -3.10. The van der Waals surface area contributed by atoms with Crippen molar-refractivity contribution in [3.05, 3.63) is 17.5 Å². The van der Waals surface area contributed by atoms with E-state index in [2.05, 4.69) is 5.10 Å². The highest BCUT2D eigenvalue weighted by Gasteiger charge is 2.29. The van der Waals surface area contributed by atoms with E-state index in [-0.39, 0.29) is 0 Å². The molecule has 1 aromatic rings. The Kier molecular flexibility index (Phi) is 2.56. The molecular formula is C8H10F4N2. The van der Waals surface area contributed by atoms with Crippen LogP contribution in [0.3, 0.4) is 0 Å². The minimum atomic E-state index is -3.10. The van der Waals surface area contributed by atoms with Crippen LogP contribution in [0.2, 0.25) is 0 Å². The first-order valence-corrected chi connectivity index (χ1v) is 3.97. The van der Waals surface area contributed by atoms with Crippen LogP contribution < -0.4 is 0 Å². The molecule has 1 rings (SSSR count). The van der Waals surface area contributed by atoms with Gasteiger partial charge in [-0.2, -0.15) is 13.9 Å². The molecule has 6 heteroatoms. The van der Waals surface area contributed by atoms with Crippen LogP contribution in [0.4, 0.5) is 17.6 Å². The van der Waals surface area contributed by atoms with Crippen LogP contribution in [0, 0.1) is 11.8 Å². The van der Waals surface area contributed by atoms with Crippen molar-refractivity contribution in [3.63, 3.8) is 0 Å². The second-order valence-corrected chi connectivity index (χ2v) is 3.87. The van der Waals surface area contributed by atoms with E-state index in [1.165, 1.54) is 20.8 Å².